The van der Waals surface area contributed by atoms with E-state index < -0.39 is 0 Å². The van der Waals surface area contributed by atoms with E-state index in [1.807, 2.05) is 0 Å². The fraction of sp³-hybridized carbons (Fsp3) is 0.857. The molecule has 0 amide bonds. The van der Waals surface area contributed by atoms with Crippen molar-refractivity contribution in [3.63, 3.8) is 0 Å². The third kappa shape index (κ3) is 3.48. The summed E-state index contributed by atoms with van der Waals surface area (Å²) in [6, 6.07) is 0.303. The van der Waals surface area contributed by atoms with E-state index in [0.717, 1.165) is 43.6 Å². The van der Waals surface area contributed by atoms with Gasteiger partial charge in [-0.1, -0.05) is 27.7 Å². The van der Waals surface area contributed by atoms with E-state index >= 15 is 0 Å². The molecular formula is C14H26N4OS. The van der Waals surface area contributed by atoms with Crippen molar-refractivity contribution in [3.8, 4) is 0 Å². The first-order chi connectivity index (χ1) is 9.45. The molecule has 1 fully saturated rings. The largest absolute Gasteiger partial charge is 0.395 e. The third-order valence-electron chi connectivity index (χ3n) is 3.87. The number of hydrogen-bond acceptors (Lipinski definition) is 6. The molecule has 1 aromatic heterocycles. The Hall–Kier alpha value is -0.720. The highest BCUT2D eigenvalue weighted by atomic mass is 32.1. The predicted molar refractivity (Wildman–Crippen MR) is 83.6 cm³/mol. The minimum atomic E-state index is 0.0146. The van der Waals surface area contributed by atoms with Crippen LogP contribution in [-0.4, -0.2) is 58.2 Å². The van der Waals surface area contributed by atoms with Crippen LogP contribution in [0.2, 0.25) is 0 Å². The van der Waals surface area contributed by atoms with Crippen LogP contribution < -0.4 is 4.90 Å². The molecule has 0 bridgehead atoms. The molecule has 2 heterocycles. The Morgan fingerprint density at radius 3 is 2.35 bits per heavy atom. The zero-order valence-corrected chi connectivity index (χ0v) is 13.8. The first-order valence-corrected chi connectivity index (χ1v) is 8.17. The summed E-state index contributed by atoms with van der Waals surface area (Å²) < 4.78 is 4.48. The second kappa shape index (κ2) is 6.37. The summed E-state index contributed by atoms with van der Waals surface area (Å²) in [5.74, 6) is 0.932. The lowest BCUT2D eigenvalue weighted by molar-refractivity contribution is 0.114. The third-order valence-corrected chi connectivity index (χ3v) is 4.65. The molecule has 0 saturated carbocycles. The van der Waals surface area contributed by atoms with Gasteiger partial charge in [0.1, 0.15) is 5.82 Å². The Kier molecular flexibility index (Phi) is 4.99. The highest BCUT2D eigenvalue weighted by molar-refractivity contribution is 7.09. The fourth-order valence-corrected chi connectivity index (χ4v) is 3.34. The van der Waals surface area contributed by atoms with Gasteiger partial charge < -0.3 is 10.0 Å². The molecule has 114 valence electrons. The molecule has 0 aromatic carbocycles. The first-order valence-electron chi connectivity index (χ1n) is 7.39. The number of aromatic nitrogens is 2. The molecule has 1 aromatic rings. The summed E-state index contributed by atoms with van der Waals surface area (Å²) in [6.45, 7) is 12.7. The van der Waals surface area contributed by atoms with Crippen molar-refractivity contribution in [2.24, 2.45) is 0 Å². The van der Waals surface area contributed by atoms with E-state index in [0.29, 0.717) is 6.04 Å². The lowest BCUT2D eigenvalue weighted by Crippen LogP contribution is -2.51. The molecule has 1 N–H and O–H groups in total. The van der Waals surface area contributed by atoms with Crippen LogP contribution in [0.1, 0.15) is 39.9 Å². The molecule has 5 nitrogen and oxygen atoms in total. The molecule has 0 radical (unpaired) electrons. The zero-order valence-electron chi connectivity index (χ0n) is 13.0. The molecule has 0 aliphatic carbocycles. The first kappa shape index (κ1) is 15.7. The van der Waals surface area contributed by atoms with E-state index in [2.05, 4.69) is 46.9 Å². The molecular weight excluding hydrogens is 272 g/mol. The number of anilines is 1. The van der Waals surface area contributed by atoms with Crippen LogP contribution in [-0.2, 0) is 5.41 Å². The van der Waals surface area contributed by atoms with Crippen LogP contribution in [0.15, 0.2) is 0 Å². The average molecular weight is 298 g/mol. The van der Waals surface area contributed by atoms with E-state index in [4.69, 9.17) is 0 Å². The summed E-state index contributed by atoms with van der Waals surface area (Å²) in [5, 5.41) is 10.4. The molecule has 1 aliphatic heterocycles. The van der Waals surface area contributed by atoms with Crippen molar-refractivity contribution in [2.75, 3.05) is 37.7 Å². The van der Waals surface area contributed by atoms with Crippen molar-refractivity contribution >= 4 is 16.7 Å². The van der Waals surface area contributed by atoms with Crippen LogP contribution >= 0.6 is 11.5 Å². The van der Waals surface area contributed by atoms with Gasteiger partial charge in [0, 0.05) is 49.2 Å². The topological polar surface area (TPSA) is 52.5 Å². The van der Waals surface area contributed by atoms with Crippen LogP contribution in [0.5, 0.6) is 0 Å². The van der Waals surface area contributed by atoms with E-state index in [-0.39, 0.29) is 12.0 Å². The van der Waals surface area contributed by atoms with Gasteiger partial charge in [-0.05, 0) is 6.42 Å². The maximum absolute atomic E-state index is 9.38. The second-order valence-electron chi connectivity index (χ2n) is 6.42. The van der Waals surface area contributed by atoms with Crippen LogP contribution in [0.3, 0.4) is 0 Å². The second-order valence-corrected chi connectivity index (χ2v) is 7.15. The van der Waals surface area contributed by atoms with Gasteiger partial charge in [0.2, 0.25) is 5.13 Å². The van der Waals surface area contributed by atoms with Gasteiger partial charge in [-0.3, -0.25) is 4.90 Å². The Balaban J connectivity index is 1.95. The number of hydrogen-bond donors (Lipinski definition) is 1. The molecule has 2 rings (SSSR count). The van der Waals surface area contributed by atoms with E-state index in [9.17, 15) is 5.11 Å². The number of aliphatic hydroxyl groups is 1. The van der Waals surface area contributed by atoms with Crippen LogP contribution in [0, 0.1) is 0 Å². The van der Waals surface area contributed by atoms with E-state index in [1.54, 1.807) is 0 Å². The number of nitrogens with zero attached hydrogens (tertiary/aromatic N) is 4. The summed E-state index contributed by atoms with van der Waals surface area (Å²) in [6.07, 6.45) is 1.00. The van der Waals surface area contributed by atoms with Gasteiger partial charge >= 0.3 is 0 Å². The van der Waals surface area contributed by atoms with Gasteiger partial charge in [0.25, 0.3) is 0 Å². The maximum Gasteiger partial charge on any atom is 0.205 e. The van der Waals surface area contributed by atoms with Gasteiger partial charge in [-0.25, -0.2) is 4.98 Å². The van der Waals surface area contributed by atoms with Crippen molar-refractivity contribution in [3.05, 3.63) is 5.82 Å². The van der Waals surface area contributed by atoms with Crippen molar-refractivity contribution in [1.82, 2.24) is 14.3 Å². The Morgan fingerprint density at radius 1 is 1.25 bits per heavy atom. The van der Waals surface area contributed by atoms with Crippen molar-refractivity contribution in [1.29, 1.82) is 0 Å². The lowest BCUT2D eigenvalue weighted by atomic mass is 9.96. The standard InChI is InChI=1S/C14H26N4OS/c1-5-11(10-19)17-6-8-18(9-7-17)13-15-12(16-20-13)14(2,3)4/h11,19H,5-10H2,1-4H3. The van der Waals surface area contributed by atoms with Crippen LogP contribution in [0.4, 0.5) is 5.13 Å². The maximum atomic E-state index is 9.38. The number of piperazine rings is 1. The summed E-state index contributed by atoms with van der Waals surface area (Å²) in [5.41, 5.74) is 0.0146. The summed E-state index contributed by atoms with van der Waals surface area (Å²) >= 11 is 1.50. The highest BCUT2D eigenvalue weighted by Gasteiger charge is 2.26. The quantitative estimate of drug-likeness (QED) is 0.917. The van der Waals surface area contributed by atoms with Gasteiger partial charge in [0.05, 0.1) is 6.61 Å². The molecule has 1 unspecified atom stereocenters. The molecule has 1 atom stereocenters. The molecule has 6 heteroatoms. The van der Waals surface area contributed by atoms with Gasteiger partial charge in [0.15, 0.2) is 0 Å². The molecule has 1 saturated heterocycles. The zero-order chi connectivity index (χ0) is 14.8. The lowest BCUT2D eigenvalue weighted by Gasteiger charge is -2.38. The number of rotatable bonds is 4. The van der Waals surface area contributed by atoms with Crippen molar-refractivity contribution < 1.29 is 5.11 Å². The van der Waals surface area contributed by atoms with Gasteiger partial charge in [-0.2, -0.15) is 4.37 Å². The Morgan fingerprint density at radius 2 is 1.90 bits per heavy atom. The molecule has 0 spiro atoms. The van der Waals surface area contributed by atoms with Crippen LogP contribution in [0.25, 0.3) is 0 Å². The smallest absolute Gasteiger partial charge is 0.205 e. The minimum Gasteiger partial charge on any atom is -0.395 e. The SMILES string of the molecule is CCC(CO)N1CCN(c2nc(C(C)(C)C)ns2)CC1. The summed E-state index contributed by atoms with van der Waals surface area (Å²) in [7, 11) is 0. The number of aliphatic hydroxyl groups excluding tert-OH is 1. The highest BCUT2D eigenvalue weighted by Crippen LogP contribution is 2.26. The van der Waals surface area contributed by atoms with E-state index in [1.165, 1.54) is 11.5 Å². The molecule has 1 aliphatic rings. The normalized spacial score (nSPS) is 19.4. The fourth-order valence-electron chi connectivity index (χ4n) is 2.43. The Labute approximate surface area is 125 Å². The summed E-state index contributed by atoms with van der Waals surface area (Å²) in [4.78, 5) is 9.37. The minimum absolute atomic E-state index is 0.0146. The van der Waals surface area contributed by atoms with Crippen molar-refractivity contribution in [2.45, 2.75) is 45.6 Å². The predicted octanol–water partition coefficient (Wildman–Crippen LogP) is 1.73. The monoisotopic (exact) mass is 298 g/mol. The molecule has 20 heavy (non-hydrogen) atoms. The van der Waals surface area contributed by atoms with Gasteiger partial charge in [-0.15, -0.1) is 0 Å². The average Bonchev–Trinajstić information content (AvgIpc) is 2.90. The Bertz CT molecular complexity index is 417.